The molecule has 0 unspecified atom stereocenters. The van der Waals surface area contributed by atoms with Gasteiger partial charge in [0.1, 0.15) is 0 Å². The van der Waals surface area contributed by atoms with E-state index >= 15 is 0 Å². The Morgan fingerprint density at radius 3 is 2.46 bits per heavy atom. The minimum atomic E-state index is -0.211. The summed E-state index contributed by atoms with van der Waals surface area (Å²) in [6.07, 6.45) is 0. The molecule has 13 heavy (non-hydrogen) atoms. The molecule has 0 radical (unpaired) electrons. The Kier molecular flexibility index (Phi) is 4.81. The summed E-state index contributed by atoms with van der Waals surface area (Å²) in [6.45, 7) is 0. The summed E-state index contributed by atoms with van der Waals surface area (Å²) >= 11 is 11.4. The molecule has 0 saturated carbocycles. The van der Waals surface area contributed by atoms with Crippen molar-refractivity contribution in [1.82, 2.24) is 5.32 Å². The lowest BCUT2D eigenvalue weighted by atomic mass is 10.2. The topological polar surface area (TPSA) is 29.1 Å². The van der Waals surface area contributed by atoms with Gasteiger partial charge in [0, 0.05) is 12.1 Å². The highest BCUT2D eigenvalue weighted by atomic mass is 35.5. The average Bonchev–Trinajstić information content (AvgIpc) is 2.03. The molecule has 0 atom stereocenters. The first kappa shape index (κ1) is 12.3. The van der Waals surface area contributed by atoms with E-state index in [-0.39, 0.29) is 13.3 Å². The predicted molar refractivity (Wildman–Crippen MR) is 56.6 cm³/mol. The van der Waals surface area contributed by atoms with Gasteiger partial charge in [0.2, 0.25) is 0 Å². The number of amides is 1. The van der Waals surface area contributed by atoms with Crippen LogP contribution in [0.4, 0.5) is 0 Å². The van der Waals surface area contributed by atoms with Crippen LogP contribution in [0, 0.1) is 0 Å². The van der Waals surface area contributed by atoms with Crippen LogP contribution in [0.3, 0.4) is 0 Å². The fourth-order valence-electron chi connectivity index (χ4n) is 0.808. The van der Waals surface area contributed by atoms with Gasteiger partial charge in [0.25, 0.3) is 5.91 Å². The molecule has 1 rings (SSSR count). The summed E-state index contributed by atoms with van der Waals surface area (Å²) < 4.78 is 0. The maximum Gasteiger partial charge on any atom is 0.252 e. The number of hydrogen-bond donors (Lipinski definition) is 1. The lowest BCUT2D eigenvalue weighted by molar-refractivity contribution is 0.0963. The van der Waals surface area contributed by atoms with E-state index in [1.54, 1.807) is 19.2 Å². The molecule has 1 amide bonds. The lowest BCUT2D eigenvalue weighted by Crippen LogP contribution is -2.17. The summed E-state index contributed by atoms with van der Waals surface area (Å²) in [7, 11) is 1.55. The van der Waals surface area contributed by atoms with Crippen LogP contribution in [0.25, 0.3) is 0 Å². The van der Waals surface area contributed by atoms with Crippen molar-refractivity contribution in [1.29, 1.82) is 0 Å². The van der Waals surface area contributed by atoms with Crippen LogP contribution in [0.5, 0.6) is 0 Å². The summed E-state index contributed by atoms with van der Waals surface area (Å²) in [5.41, 5.74) is 0.434. The second kappa shape index (κ2) is 5.10. The Balaban J connectivity index is 0.00000144. The van der Waals surface area contributed by atoms with Crippen molar-refractivity contribution in [3.8, 4) is 0 Å². The van der Waals surface area contributed by atoms with Crippen molar-refractivity contribution < 1.29 is 4.79 Å². The Morgan fingerprint density at radius 1 is 1.38 bits per heavy atom. The van der Waals surface area contributed by atoms with Crippen LogP contribution < -0.4 is 5.32 Å². The lowest BCUT2D eigenvalue weighted by Gasteiger charge is -2.01. The molecule has 1 aromatic rings. The van der Waals surface area contributed by atoms with E-state index in [0.29, 0.717) is 15.6 Å². The highest BCUT2D eigenvalue weighted by Crippen LogP contribution is 2.20. The van der Waals surface area contributed by atoms with Crippen molar-refractivity contribution in [2.75, 3.05) is 7.05 Å². The largest absolute Gasteiger partial charge is 0.355 e. The van der Waals surface area contributed by atoms with E-state index in [0.717, 1.165) is 0 Å². The van der Waals surface area contributed by atoms with Gasteiger partial charge in [-0.15, -0.1) is 0 Å². The molecule has 1 N–H and O–H groups in total. The van der Waals surface area contributed by atoms with E-state index < -0.39 is 0 Å². The number of rotatable bonds is 1. The Labute approximate surface area is 87.8 Å². The van der Waals surface area contributed by atoms with Gasteiger partial charge in [0.05, 0.1) is 10.6 Å². The minimum Gasteiger partial charge on any atom is -0.355 e. The summed E-state index contributed by atoms with van der Waals surface area (Å²) in [5, 5.41) is 3.36. The standard InChI is InChI=1S/C8H7Cl2NO.CH4/c1-11-8(12)6-3-2-5(9)4-7(6)10;/h2-4H,1H3,(H,11,12);1H4. The van der Waals surface area contributed by atoms with Crippen molar-refractivity contribution in [2.24, 2.45) is 0 Å². The maximum absolute atomic E-state index is 11.1. The average molecular weight is 220 g/mol. The van der Waals surface area contributed by atoms with Crippen molar-refractivity contribution >= 4 is 29.1 Å². The third-order valence-electron chi connectivity index (χ3n) is 1.40. The van der Waals surface area contributed by atoms with E-state index in [1.807, 2.05) is 0 Å². The molecule has 0 aliphatic carbocycles. The fourth-order valence-corrected chi connectivity index (χ4v) is 1.30. The Morgan fingerprint density at radius 2 is 2.00 bits per heavy atom. The monoisotopic (exact) mass is 219 g/mol. The third kappa shape index (κ3) is 2.90. The molecule has 0 aromatic heterocycles. The van der Waals surface area contributed by atoms with Gasteiger partial charge < -0.3 is 5.32 Å². The van der Waals surface area contributed by atoms with E-state index in [1.165, 1.54) is 6.07 Å². The Bertz CT molecular complexity index is 312. The van der Waals surface area contributed by atoms with Gasteiger partial charge >= 0.3 is 0 Å². The summed E-state index contributed by atoms with van der Waals surface area (Å²) in [4.78, 5) is 11.1. The van der Waals surface area contributed by atoms with Crippen LogP contribution in [-0.2, 0) is 0 Å². The number of halogens is 2. The molecule has 72 valence electrons. The number of benzene rings is 1. The van der Waals surface area contributed by atoms with E-state index in [2.05, 4.69) is 5.32 Å². The number of carbonyl (C=O) groups is 1. The Hall–Kier alpha value is -0.730. The normalized spacial score (nSPS) is 8.85. The van der Waals surface area contributed by atoms with Gasteiger partial charge in [-0.1, -0.05) is 30.6 Å². The highest BCUT2D eigenvalue weighted by Gasteiger charge is 2.07. The third-order valence-corrected chi connectivity index (χ3v) is 1.95. The molecule has 0 saturated heterocycles. The zero-order valence-corrected chi connectivity index (χ0v) is 7.91. The minimum absolute atomic E-state index is 0. The van der Waals surface area contributed by atoms with Crippen LogP contribution in [0.1, 0.15) is 17.8 Å². The molecule has 2 nitrogen and oxygen atoms in total. The molecule has 0 aliphatic heterocycles. The SMILES string of the molecule is C.CNC(=O)c1ccc(Cl)cc1Cl. The van der Waals surface area contributed by atoms with Gasteiger partial charge in [0.15, 0.2) is 0 Å². The smallest absolute Gasteiger partial charge is 0.252 e. The summed E-state index contributed by atoms with van der Waals surface area (Å²) in [5.74, 6) is -0.211. The number of nitrogens with one attached hydrogen (secondary N) is 1. The molecule has 4 heteroatoms. The number of hydrogen-bond acceptors (Lipinski definition) is 1. The van der Waals surface area contributed by atoms with Crippen molar-refractivity contribution in [3.63, 3.8) is 0 Å². The second-order valence-electron chi connectivity index (χ2n) is 2.20. The molecule has 0 aliphatic rings. The van der Waals surface area contributed by atoms with Gasteiger partial charge in [-0.2, -0.15) is 0 Å². The van der Waals surface area contributed by atoms with Crippen LogP contribution in [0.2, 0.25) is 10.0 Å². The molecule has 1 aromatic carbocycles. The highest BCUT2D eigenvalue weighted by molar-refractivity contribution is 6.36. The molecule has 0 heterocycles. The van der Waals surface area contributed by atoms with Gasteiger partial charge in [-0.05, 0) is 18.2 Å². The quantitative estimate of drug-likeness (QED) is 0.774. The maximum atomic E-state index is 11.1. The molecule has 0 spiro atoms. The van der Waals surface area contributed by atoms with Crippen molar-refractivity contribution in [3.05, 3.63) is 33.8 Å². The molecule has 0 fully saturated rings. The number of carbonyl (C=O) groups excluding carboxylic acids is 1. The molecule has 0 bridgehead atoms. The van der Waals surface area contributed by atoms with E-state index in [4.69, 9.17) is 23.2 Å². The van der Waals surface area contributed by atoms with Gasteiger partial charge in [-0.25, -0.2) is 0 Å². The zero-order chi connectivity index (χ0) is 9.14. The first-order valence-corrected chi connectivity index (χ1v) is 4.08. The second-order valence-corrected chi connectivity index (χ2v) is 3.05. The van der Waals surface area contributed by atoms with Gasteiger partial charge in [-0.3, -0.25) is 4.79 Å². The van der Waals surface area contributed by atoms with Crippen LogP contribution >= 0.6 is 23.2 Å². The first-order valence-electron chi connectivity index (χ1n) is 3.32. The molecular weight excluding hydrogens is 209 g/mol. The van der Waals surface area contributed by atoms with Crippen molar-refractivity contribution in [2.45, 2.75) is 7.43 Å². The fraction of sp³-hybridized carbons (Fsp3) is 0.222. The zero-order valence-electron chi connectivity index (χ0n) is 6.40. The predicted octanol–water partition coefficient (Wildman–Crippen LogP) is 2.99. The summed E-state index contributed by atoms with van der Waals surface area (Å²) in [6, 6.07) is 4.75. The van der Waals surface area contributed by atoms with E-state index in [9.17, 15) is 4.79 Å². The van der Waals surface area contributed by atoms with Crippen LogP contribution in [0.15, 0.2) is 18.2 Å². The first-order chi connectivity index (χ1) is 5.65. The molecular formula is C9H11Cl2NO. The van der Waals surface area contributed by atoms with Crippen LogP contribution in [-0.4, -0.2) is 13.0 Å².